The molecule has 2 rings (SSSR count). The van der Waals surface area contributed by atoms with Crippen LogP contribution in [-0.2, 0) is 23.8 Å². The average molecular weight is 448 g/mol. The first-order valence-corrected chi connectivity index (χ1v) is 11.5. The molecule has 0 saturated carbocycles. The van der Waals surface area contributed by atoms with Crippen molar-refractivity contribution in [2.45, 2.75) is 49.4 Å². The van der Waals surface area contributed by atoms with Gasteiger partial charge in [0, 0.05) is 24.0 Å². The highest BCUT2D eigenvalue weighted by Crippen LogP contribution is 2.33. The van der Waals surface area contributed by atoms with Crippen LogP contribution in [0.2, 0.25) is 0 Å². The molecule has 11 heteroatoms. The fourth-order valence-corrected chi connectivity index (χ4v) is 4.87. The lowest BCUT2D eigenvalue weighted by atomic mass is 10.0. The predicted octanol–water partition coefficient (Wildman–Crippen LogP) is 0.353. The molecule has 0 radical (unpaired) electrons. The standard InChI is InChI=1S/C19H33N3O7S/c23-16(4-2-1-3-15-18-14(13-30-15)21-19(26)22-18)20-6-8-28-10-12-29-11-9-27-7-5-17(24)25/h14-15,18H,1-13H2,(H,20,23)(H,24,25)(H2,21,22,26)/t14-,15-,18-/m1/s1. The Bertz CT molecular complexity index is 552. The van der Waals surface area contributed by atoms with Crippen LogP contribution in [-0.4, -0.2) is 92.3 Å². The number of fused-ring (bicyclic) bond motifs is 1. The number of hydrogen-bond donors (Lipinski definition) is 4. The molecule has 30 heavy (non-hydrogen) atoms. The molecule has 0 spiro atoms. The smallest absolute Gasteiger partial charge is 0.315 e. The summed E-state index contributed by atoms with van der Waals surface area (Å²) in [5.41, 5.74) is 0. The zero-order chi connectivity index (χ0) is 21.6. The Morgan fingerprint density at radius 3 is 2.43 bits per heavy atom. The Labute approximate surface area is 181 Å². The molecule has 0 aliphatic carbocycles. The number of nitrogens with one attached hydrogen (secondary N) is 3. The second-order valence-electron chi connectivity index (χ2n) is 7.20. The molecule has 2 aliphatic heterocycles. The molecule has 0 aromatic carbocycles. The third-order valence-electron chi connectivity index (χ3n) is 4.85. The molecule has 2 fully saturated rings. The topological polar surface area (TPSA) is 135 Å². The molecule has 2 saturated heterocycles. The van der Waals surface area contributed by atoms with Crippen LogP contribution in [0.4, 0.5) is 4.79 Å². The first-order chi connectivity index (χ1) is 14.6. The molecule has 4 N–H and O–H groups in total. The highest BCUT2D eigenvalue weighted by atomic mass is 32.2. The largest absolute Gasteiger partial charge is 0.481 e. The highest BCUT2D eigenvalue weighted by molar-refractivity contribution is 8.00. The van der Waals surface area contributed by atoms with E-state index in [2.05, 4.69) is 16.0 Å². The van der Waals surface area contributed by atoms with Crippen LogP contribution in [0, 0.1) is 0 Å². The maximum absolute atomic E-state index is 11.9. The summed E-state index contributed by atoms with van der Waals surface area (Å²) in [6, 6.07) is 0.408. The van der Waals surface area contributed by atoms with Gasteiger partial charge in [0.05, 0.1) is 58.1 Å². The number of rotatable bonds is 17. The molecule has 0 unspecified atom stereocenters. The van der Waals surface area contributed by atoms with E-state index in [-0.39, 0.29) is 37.0 Å². The van der Waals surface area contributed by atoms with Crippen LogP contribution >= 0.6 is 11.8 Å². The SMILES string of the molecule is O=C(O)CCOCCOCCOCCNC(=O)CCCC[C@H]1SC[C@H]2NC(=O)N[C@H]21. The lowest BCUT2D eigenvalue weighted by molar-refractivity contribution is -0.138. The number of unbranched alkanes of at least 4 members (excludes halogenated alkanes) is 1. The van der Waals surface area contributed by atoms with Crippen LogP contribution in [0.25, 0.3) is 0 Å². The molecule has 2 heterocycles. The zero-order valence-electron chi connectivity index (χ0n) is 17.2. The van der Waals surface area contributed by atoms with E-state index in [9.17, 15) is 14.4 Å². The van der Waals surface area contributed by atoms with Gasteiger partial charge < -0.3 is 35.3 Å². The summed E-state index contributed by atoms with van der Waals surface area (Å²) in [6.07, 6.45) is 3.31. The molecular formula is C19H33N3O7S. The number of urea groups is 1. The number of thioether (sulfide) groups is 1. The van der Waals surface area contributed by atoms with Crippen molar-refractivity contribution in [1.82, 2.24) is 16.0 Å². The van der Waals surface area contributed by atoms with Crippen molar-refractivity contribution < 1.29 is 33.7 Å². The molecule has 0 aromatic heterocycles. The maximum Gasteiger partial charge on any atom is 0.315 e. The van der Waals surface area contributed by atoms with Crippen molar-refractivity contribution in [2.75, 3.05) is 51.9 Å². The fourth-order valence-electron chi connectivity index (χ4n) is 3.33. The Hall–Kier alpha value is -1.56. The molecule has 2 aliphatic rings. The number of carboxylic acids is 1. The van der Waals surface area contributed by atoms with Crippen LogP contribution < -0.4 is 16.0 Å². The Kier molecular flexibility index (Phi) is 11.9. The van der Waals surface area contributed by atoms with E-state index in [1.807, 2.05) is 11.8 Å². The molecule has 172 valence electrons. The minimum Gasteiger partial charge on any atom is -0.481 e. The summed E-state index contributed by atoms with van der Waals surface area (Å²) in [5.74, 6) is 0.108. The molecule has 10 nitrogen and oxygen atoms in total. The number of carboxylic acid groups (broad SMARTS) is 1. The van der Waals surface area contributed by atoms with Gasteiger partial charge in [-0.25, -0.2) is 4.79 Å². The van der Waals surface area contributed by atoms with Gasteiger partial charge in [-0.05, 0) is 12.8 Å². The number of hydrogen-bond acceptors (Lipinski definition) is 7. The Morgan fingerprint density at radius 1 is 1.00 bits per heavy atom. The zero-order valence-corrected chi connectivity index (χ0v) is 18.0. The maximum atomic E-state index is 11.9. The number of carbonyl (C=O) groups excluding carboxylic acids is 2. The van der Waals surface area contributed by atoms with Gasteiger partial charge in [0.2, 0.25) is 5.91 Å². The first kappa shape index (κ1) is 24.7. The summed E-state index contributed by atoms with van der Waals surface area (Å²) < 4.78 is 15.8. The second-order valence-corrected chi connectivity index (χ2v) is 8.47. The summed E-state index contributed by atoms with van der Waals surface area (Å²) >= 11 is 1.89. The monoisotopic (exact) mass is 447 g/mol. The fraction of sp³-hybridized carbons (Fsp3) is 0.842. The molecule has 0 bridgehead atoms. The van der Waals surface area contributed by atoms with Gasteiger partial charge in [-0.15, -0.1) is 0 Å². The van der Waals surface area contributed by atoms with Crippen LogP contribution in [0.3, 0.4) is 0 Å². The van der Waals surface area contributed by atoms with Gasteiger partial charge in [-0.1, -0.05) is 6.42 Å². The lowest BCUT2D eigenvalue weighted by Gasteiger charge is -2.16. The van der Waals surface area contributed by atoms with Gasteiger partial charge in [0.1, 0.15) is 0 Å². The van der Waals surface area contributed by atoms with E-state index >= 15 is 0 Å². The number of amides is 3. The van der Waals surface area contributed by atoms with E-state index in [1.165, 1.54) is 0 Å². The molecule has 3 amide bonds. The van der Waals surface area contributed by atoms with Crippen molar-refractivity contribution in [3.8, 4) is 0 Å². The van der Waals surface area contributed by atoms with Crippen LogP contribution in [0.15, 0.2) is 0 Å². The predicted molar refractivity (Wildman–Crippen MR) is 112 cm³/mol. The normalized spacial score (nSPS) is 22.4. The Balaban J connectivity index is 1.32. The Morgan fingerprint density at radius 2 is 1.70 bits per heavy atom. The van der Waals surface area contributed by atoms with Crippen molar-refractivity contribution in [3.05, 3.63) is 0 Å². The molecular weight excluding hydrogens is 414 g/mol. The van der Waals surface area contributed by atoms with E-state index < -0.39 is 5.97 Å². The summed E-state index contributed by atoms with van der Waals surface area (Å²) in [4.78, 5) is 33.5. The van der Waals surface area contributed by atoms with Crippen LogP contribution in [0.1, 0.15) is 32.1 Å². The average Bonchev–Trinajstić information content (AvgIpc) is 3.25. The second kappa shape index (κ2) is 14.4. The lowest BCUT2D eigenvalue weighted by Crippen LogP contribution is -2.36. The van der Waals surface area contributed by atoms with E-state index in [1.54, 1.807) is 0 Å². The van der Waals surface area contributed by atoms with E-state index in [0.29, 0.717) is 51.2 Å². The third-order valence-corrected chi connectivity index (χ3v) is 6.36. The van der Waals surface area contributed by atoms with Crippen molar-refractivity contribution in [3.63, 3.8) is 0 Å². The number of ether oxygens (including phenoxy) is 3. The first-order valence-electron chi connectivity index (χ1n) is 10.5. The van der Waals surface area contributed by atoms with E-state index in [0.717, 1.165) is 25.0 Å². The van der Waals surface area contributed by atoms with Gasteiger partial charge in [0.15, 0.2) is 0 Å². The minimum atomic E-state index is -0.879. The van der Waals surface area contributed by atoms with Gasteiger partial charge >= 0.3 is 12.0 Å². The van der Waals surface area contributed by atoms with Crippen LogP contribution in [0.5, 0.6) is 0 Å². The summed E-state index contributed by atoms with van der Waals surface area (Å²) in [5, 5.41) is 17.6. The van der Waals surface area contributed by atoms with Crippen molar-refractivity contribution in [1.29, 1.82) is 0 Å². The quantitative estimate of drug-likeness (QED) is 0.185. The van der Waals surface area contributed by atoms with Crippen molar-refractivity contribution in [2.24, 2.45) is 0 Å². The van der Waals surface area contributed by atoms with Gasteiger partial charge in [-0.3, -0.25) is 9.59 Å². The number of aliphatic carboxylic acids is 1. The summed E-state index contributed by atoms with van der Waals surface area (Å²) in [7, 11) is 0. The molecule has 3 atom stereocenters. The third kappa shape index (κ3) is 9.96. The number of carbonyl (C=O) groups is 3. The van der Waals surface area contributed by atoms with Crippen molar-refractivity contribution >= 4 is 29.7 Å². The molecule has 0 aromatic rings. The summed E-state index contributed by atoms with van der Waals surface area (Å²) in [6.45, 7) is 2.69. The van der Waals surface area contributed by atoms with Gasteiger partial charge in [-0.2, -0.15) is 11.8 Å². The van der Waals surface area contributed by atoms with Gasteiger partial charge in [0.25, 0.3) is 0 Å². The highest BCUT2D eigenvalue weighted by Gasteiger charge is 2.42. The van der Waals surface area contributed by atoms with E-state index in [4.69, 9.17) is 19.3 Å². The minimum absolute atomic E-state index is 0.00728.